The Hall–Kier alpha value is -2.86. The molecule has 2 rings (SSSR count). The van der Waals surface area contributed by atoms with Crippen molar-refractivity contribution in [1.29, 1.82) is 0 Å². The van der Waals surface area contributed by atoms with Crippen molar-refractivity contribution >= 4 is 29.5 Å². The molecule has 0 spiro atoms. The van der Waals surface area contributed by atoms with Crippen LogP contribution < -0.4 is 0 Å². The Bertz CT molecular complexity index is 798. The van der Waals surface area contributed by atoms with E-state index in [0.717, 1.165) is 12.7 Å². The van der Waals surface area contributed by atoms with Gasteiger partial charge in [-0.1, -0.05) is 29.8 Å². The van der Waals surface area contributed by atoms with Gasteiger partial charge in [-0.15, -0.1) is 0 Å². The van der Waals surface area contributed by atoms with E-state index >= 15 is 0 Å². The molecule has 6 nitrogen and oxygen atoms in total. The molecule has 0 aliphatic heterocycles. The molecular weight excluding hydrogens is 348 g/mol. The van der Waals surface area contributed by atoms with Crippen LogP contribution in [0.5, 0.6) is 0 Å². The maximum absolute atomic E-state index is 12.4. The van der Waals surface area contributed by atoms with Gasteiger partial charge < -0.3 is 14.2 Å². The molecule has 0 aromatic heterocycles. The number of methoxy groups -OCH3 is 2. The van der Waals surface area contributed by atoms with Gasteiger partial charge in [0.1, 0.15) is 6.61 Å². The van der Waals surface area contributed by atoms with Crippen molar-refractivity contribution in [1.82, 2.24) is 0 Å². The molecule has 0 amide bonds. The fourth-order valence-corrected chi connectivity index (χ4v) is 2.26. The van der Waals surface area contributed by atoms with Crippen molar-refractivity contribution < 1.29 is 28.6 Å². The number of hydrogen-bond acceptors (Lipinski definition) is 6. The Morgan fingerprint density at radius 2 is 1.40 bits per heavy atom. The quantitative estimate of drug-likeness (QED) is 0.600. The average Bonchev–Trinajstić information content (AvgIpc) is 2.65. The second kappa shape index (κ2) is 8.30. The second-order valence-corrected chi connectivity index (χ2v) is 5.35. The van der Waals surface area contributed by atoms with Crippen molar-refractivity contribution in [3.8, 4) is 0 Å². The highest BCUT2D eigenvalue weighted by Gasteiger charge is 2.26. The Morgan fingerprint density at radius 3 is 1.96 bits per heavy atom. The standard InChI is InChI=1S/C18H15ClO6/c1-23-16(20)13-4-3-5-14(15(13)18(22)24-2)17(21)25-10-11-6-8-12(19)9-7-11/h3-9H,10H2,1-2H3. The largest absolute Gasteiger partial charge is 0.465 e. The summed E-state index contributed by atoms with van der Waals surface area (Å²) in [6, 6.07) is 11.0. The monoisotopic (exact) mass is 362 g/mol. The summed E-state index contributed by atoms with van der Waals surface area (Å²) in [7, 11) is 2.33. The van der Waals surface area contributed by atoms with Crippen molar-refractivity contribution in [2.24, 2.45) is 0 Å². The Labute approximate surface area is 149 Å². The molecule has 0 heterocycles. The summed E-state index contributed by atoms with van der Waals surface area (Å²) >= 11 is 5.80. The lowest BCUT2D eigenvalue weighted by molar-refractivity contribution is 0.0456. The van der Waals surface area contributed by atoms with E-state index in [0.29, 0.717) is 5.02 Å². The number of esters is 3. The predicted octanol–water partition coefficient (Wildman–Crippen LogP) is 3.27. The molecule has 0 aliphatic rings. The highest BCUT2D eigenvalue weighted by molar-refractivity contribution is 6.30. The molecule has 0 saturated carbocycles. The molecule has 0 saturated heterocycles. The number of halogens is 1. The van der Waals surface area contributed by atoms with Gasteiger partial charge in [0.15, 0.2) is 0 Å². The molecule has 7 heteroatoms. The summed E-state index contributed by atoms with van der Waals surface area (Å²) < 4.78 is 14.5. The van der Waals surface area contributed by atoms with Crippen LogP contribution in [0.25, 0.3) is 0 Å². The van der Waals surface area contributed by atoms with Gasteiger partial charge in [-0.05, 0) is 29.8 Å². The lowest BCUT2D eigenvalue weighted by Gasteiger charge is -2.11. The molecule has 0 atom stereocenters. The van der Waals surface area contributed by atoms with E-state index in [1.807, 2.05) is 0 Å². The van der Waals surface area contributed by atoms with Crippen LogP contribution in [0, 0.1) is 0 Å². The maximum Gasteiger partial charge on any atom is 0.339 e. The first-order chi connectivity index (χ1) is 12.0. The second-order valence-electron chi connectivity index (χ2n) is 4.91. The zero-order valence-electron chi connectivity index (χ0n) is 13.6. The van der Waals surface area contributed by atoms with Crippen LogP contribution in [0.15, 0.2) is 42.5 Å². The minimum atomic E-state index is -0.834. The number of carbonyl (C=O) groups is 3. The van der Waals surface area contributed by atoms with Crippen LogP contribution in [-0.4, -0.2) is 32.1 Å². The van der Waals surface area contributed by atoms with E-state index < -0.39 is 17.9 Å². The van der Waals surface area contributed by atoms with Crippen molar-refractivity contribution in [3.05, 3.63) is 69.7 Å². The minimum Gasteiger partial charge on any atom is -0.465 e. The number of carbonyl (C=O) groups excluding carboxylic acids is 3. The van der Waals surface area contributed by atoms with Crippen molar-refractivity contribution in [2.75, 3.05) is 14.2 Å². The molecular formula is C18H15ClO6. The van der Waals surface area contributed by atoms with E-state index in [1.165, 1.54) is 25.3 Å². The number of ether oxygens (including phenoxy) is 3. The van der Waals surface area contributed by atoms with Crippen molar-refractivity contribution in [2.45, 2.75) is 6.61 Å². The number of benzene rings is 2. The molecule has 2 aromatic rings. The zero-order valence-corrected chi connectivity index (χ0v) is 14.3. The molecule has 130 valence electrons. The molecule has 0 unspecified atom stereocenters. The van der Waals surface area contributed by atoms with E-state index in [-0.39, 0.29) is 23.3 Å². The summed E-state index contributed by atoms with van der Waals surface area (Å²) in [6.07, 6.45) is 0. The Morgan fingerprint density at radius 1 is 0.840 bits per heavy atom. The highest BCUT2D eigenvalue weighted by atomic mass is 35.5. The van der Waals surface area contributed by atoms with Crippen LogP contribution in [-0.2, 0) is 20.8 Å². The molecule has 25 heavy (non-hydrogen) atoms. The van der Waals surface area contributed by atoms with Crippen LogP contribution in [0.4, 0.5) is 0 Å². The Kier molecular flexibility index (Phi) is 6.14. The summed E-state index contributed by atoms with van der Waals surface area (Å²) in [5.74, 6) is -2.35. The first-order valence-corrected chi connectivity index (χ1v) is 7.57. The fraction of sp³-hybridized carbons (Fsp3) is 0.167. The van der Waals surface area contributed by atoms with Gasteiger partial charge in [-0.25, -0.2) is 14.4 Å². The third-order valence-electron chi connectivity index (χ3n) is 3.36. The molecule has 0 bridgehead atoms. The van der Waals surface area contributed by atoms with Crippen LogP contribution >= 0.6 is 11.6 Å². The first-order valence-electron chi connectivity index (χ1n) is 7.19. The molecule has 2 aromatic carbocycles. The molecule has 0 radical (unpaired) electrons. The third-order valence-corrected chi connectivity index (χ3v) is 3.61. The average molecular weight is 363 g/mol. The van der Waals surface area contributed by atoms with E-state index in [2.05, 4.69) is 9.47 Å². The van der Waals surface area contributed by atoms with Gasteiger partial charge in [-0.2, -0.15) is 0 Å². The maximum atomic E-state index is 12.4. The molecule has 0 aliphatic carbocycles. The van der Waals surface area contributed by atoms with Crippen LogP contribution in [0.3, 0.4) is 0 Å². The summed E-state index contributed by atoms with van der Waals surface area (Å²) in [6.45, 7) is -0.0148. The predicted molar refractivity (Wildman–Crippen MR) is 89.7 cm³/mol. The van der Waals surface area contributed by atoms with Crippen LogP contribution in [0.1, 0.15) is 36.6 Å². The lowest BCUT2D eigenvalue weighted by Crippen LogP contribution is -2.18. The van der Waals surface area contributed by atoms with Gasteiger partial charge in [0, 0.05) is 5.02 Å². The highest BCUT2D eigenvalue weighted by Crippen LogP contribution is 2.19. The van der Waals surface area contributed by atoms with Gasteiger partial charge >= 0.3 is 17.9 Å². The minimum absolute atomic E-state index is 0.0148. The van der Waals surface area contributed by atoms with Crippen molar-refractivity contribution in [3.63, 3.8) is 0 Å². The summed E-state index contributed by atoms with van der Waals surface area (Å²) in [5, 5.41) is 0.564. The first kappa shape index (κ1) is 18.5. The third kappa shape index (κ3) is 4.36. The Balaban J connectivity index is 2.30. The normalized spacial score (nSPS) is 10.0. The van der Waals surface area contributed by atoms with Gasteiger partial charge in [0.05, 0.1) is 30.9 Å². The van der Waals surface area contributed by atoms with Crippen LogP contribution in [0.2, 0.25) is 5.02 Å². The SMILES string of the molecule is COC(=O)c1cccc(C(=O)OCc2ccc(Cl)cc2)c1C(=O)OC. The number of hydrogen-bond donors (Lipinski definition) is 0. The smallest absolute Gasteiger partial charge is 0.339 e. The molecule has 0 fully saturated rings. The summed E-state index contributed by atoms with van der Waals surface area (Å²) in [5.41, 5.74) is 0.374. The van der Waals surface area contributed by atoms with E-state index in [1.54, 1.807) is 24.3 Å². The fourth-order valence-electron chi connectivity index (χ4n) is 2.13. The van der Waals surface area contributed by atoms with E-state index in [4.69, 9.17) is 16.3 Å². The van der Waals surface area contributed by atoms with Gasteiger partial charge in [-0.3, -0.25) is 0 Å². The van der Waals surface area contributed by atoms with Gasteiger partial charge in [0.2, 0.25) is 0 Å². The zero-order chi connectivity index (χ0) is 18.4. The van der Waals surface area contributed by atoms with Gasteiger partial charge in [0.25, 0.3) is 0 Å². The topological polar surface area (TPSA) is 78.9 Å². The summed E-state index contributed by atoms with van der Waals surface area (Å²) in [4.78, 5) is 36.3. The van der Waals surface area contributed by atoms with E-state index in [9.17, 15) is 14.4 Å². The number of rotatable bonds is 5. The lowest BCUT2D eigenvalue weighted by atomic mass is 10.0. The molecule has 0 N–H and O–H groups in total.